The predicted molar refractivity (Wildman–Crippen MR) is 119 cm³/mol. The van der Waals surface area contributed by atoms with E-state index in [4.69, 9.17) is 0 Å². The van der Waals surface area contributed by atoms with E-state index in [1.54, 1.807) is 22.8 Å². The fourth-order valence-electron chi connectivity index (χ4n) is 4.55. The molecule has 2 amide bonds. The number of carbonyl (C=O) groups excluding carboxylic acids is 2. The van der Waals surface area contributed by atoms with E-state index in [9.17, 15) is 14.4 Å². The van der Waals surface area contributed by atoms with Crippen molar-refractivity contribution in [2.75, 3.05) is 16.8 Å². The molecule has 7 nitrogen and oxygen atoms in total. The van der Waals surface area contributed by atoms with Gasteiger partial charge in [0, 0.05) is 30.9 Å². The van der Waals surface area contributed by atoms with Crippen molar-refractivity contribution in [3.05, 3.63) is 64.2 Å². The minimum Gasteiger partial charge on any atom is -0.318 e. The predicted octanol–water partition coefficient (Wildman–Crippen LogP) is 3.04. The lowest BCUT2D eigenvalue weighted by molar-refractivity contribution is -0.134. The fraction of sp³-hybridized carbons (Fsp3) is 0.333. The normalized spacial score (nSPS) is 15.7. The standard InChI is InChI=1S/C24H24N4O3/c29-22(24(31)27-14-6-8-16-7-3-4-9-20(16)27)25-17-11-12-19-18(15-17)23(30)28-13-5-1-2-10-21(28)26-19/h3-4,7,9,11-12,15H,1-2,5-6,8,10,13-14H2,(H,25,29). The summed E-state index contributed by atoms with van der Waals surface area (Å²) in [5.74, 6) is -0.478. The average Bonchev–Trinajstić information content (AvgIpc) is 3.04. The van der Waals surface area contributed by atoms with Crippen LogP contribution >= 0.6 is 0 Å². The lowest BCUT2D eigenvalue weighted by Gasteiger charge is -2.28. The average molecular weight is 416 g/mol. The molecule has 0 bridgehead atoms. The molecule has 1 N–H and O–H groups in total. The summed E-state index contributed by atoms with van der Waals surface area (Å²) >= 11 is 0. The van der Waals surface area contributed by atoms with E-state index in [1.807, 2.05) is 24.3 Å². The maximum Gasteiger partial charge on any atom is 0.316 e. The molecule has 158 valence electrons. The molecule has 0 radical (unpaired) electrons. The van der Waals surface area contributed by atoms with Crippen molar-refractivity contribution >= 4 is 34.1 Å². The van der Waals surface area contributed by atoms with Crippen LogP contribution in [0.1, 0.15) is 37.1 Å². The molecule has 7 heteroatoms. The van der Waals surface area contributed by atoms with Gasteiger partial charge in [0.25, 0.3) is 5.56 Å². The van der Waals surface area contributed by atoms with Gasteiger partial charge in [-0.1, -0.05) is 24.6 Å². The van der Waals surface area contributed by atoms with E-state index < -0.39 is 11.8 Å². The van der Waals surface area contributed by atoms with E-state index >= 15 is 0 Å². The summed E-state index contributed by atoms with van der Waals surface area (Å²) in [6.45, 7) is 1.18. The van der Waals surface area contributed by atoms with Gasteiger partial charge in [-0.05, 0) is 55.5 Å². The summed E-state index contributed by atoms with van der Waals surface area (Å²) in [7, 11) is 0. The van der Waals surface area contributed by atoms with E-state index in [2.05, 4.69) is 10.3 Å². The number of para-hydroxylation sites is 1. The molecular formula is C24H24N4O3. The molecule has 0 spiro atoms. The van der Waals surface area contributed by atoms with Gasteiger partial charge in [-0.3, -0.25) is 19.0 Å². The number of benzene rings is 2. The Morgan fingerprint density at radius 2 is 1.81 bits per heavy atom. The Bertz CT molecular complexity index is 1250. The molecule has 3 aromatic rings. The summed E-state index contributed by atoms with van der Waals surface area (Å²) in [6.07, 6.45) is 5.60. The van der Waals surface area contributed by atoms with E-state index in [0.717, 1.165) is 55.6 Å². The molecule has 0 fully saturated rings. The molecule has 0 atom stereocenters. The summed E-state index contributed by atoms with van der Waals surface area (Å²) in [6, 6.07) is 12.7. The summed E-state index contributed by atoms with van der Waals surface area (Å²) < 4.78 is 1.75. The van der Waals surface area contributed by atoms with Gasteiger partial charge in [-0.15, -0.1) is 0 Å². The van der Waals surface area contributed by atoms with Crippen molar-refractivity contribution in [2.24, 2.45) is 0 Å². The number of fused-ring (bicyclic) bond motifs is 3. The number of amides is 2. The Kier molecular flexibility index (Phi) is 5.02. The SMILES string of the molecule is O=C(Nc1ccc2nc3n(c(=O)c2c1)CCCCC3)C(=O)N1CCCc2ccccc21. The number of rotatable bonds is 1. The Hall–Kier alpha value is -3.48. The highest BCUT2D eigenvalue weighted by Crippen LogP contribution is 2.27. The summed E-state index contributed by atoms with van der Waals surface area (Å²) in [5.41, 5.74) is 2.81. The van der Waals surface area contributed by atoms with E-state index in [1.165, 1.54) is 4.90 Å². The number of hydrogen-bond donors (Lipinski definition) is 1. The van der Waals surface area contributed by atoms with Crippen LogP contribution in [0.3, 0.4) is 0 Å². The molecule has 31 heavy (non-hydrogen) atoms. The number of nitrogens with one attached hydrogen (secondary N) is 1. The van der Waals surface area contributed by atoms with E-state index in [0.29, 0.717) is 29.7 Å². The maximum atomic E-state index is 13.0. The molecule has 2 aliphatic heterocycles. The monoisotopic (exact) mass is 416 g/mol. The van der Waals surface area contributed by atoms with Crippen LogP contribution in [0.5, 0.6) is 0 Å². The van der Waals surface area contributed by atoms with Crippen molar-refractivity contribution < 1.29 is 9.59 Å². The van der Waals surface area contributed by atoms with Crippen LogP contribution < -0.4 is 15.8 Å². The van der Waals surface area contributed by atoms with Gasteiger partial charge in [0.1, 0.15) is 5.82 Å². The third kappa shape index (κ3) is 3.60. The second-order valence-electron chi connectivity index (χ2n) is 8.17. The van der Waals surface area contributed by atoms with Crippen LogP contribution in [0, 0.1) is 0 Å². The second kappa shape index (κ2) is 7.98. The quantitative estimate of drug-likeness (QED) is 0.618. The molecule has 2 aromatic carbocycles. The smallest absolute Gasteiger partial charge is 0.316 e. The second-order valence-corrected chi connectivity index (χ2v) is 8.17. The Labute approximate surface area is 179 Å². The lowest BCUT2D eigenvalue weighted by atomic mass is 10.0. The first-order valence-corrected chi connectivity index (χ1v) is 10.9. The minimum absolute atomic E-state index is 0.0886. The van der Waals surface area contributed by atoms with Gasteiger partial charge in [0.15, 0.2) is 0 Å². The zero-order valence-electron chi connectivity index (χ0n) is 17.3. The van der Waals surface area contributed by atoms with E-state index in [-0.39, 0.29) is 5.56 Å². The topological polar surface area (TPSA) is 84.3 Å². The number of nitrogens with zero attached hydrogens (tertiary/aromatic N) is 3. The zero-order valence-corrected chi connectivity index (χ0v) is 17.3. The number of hydrogen-bond acceptors (Lipinski definition) is 4. The minimum atomic E-state index is -0.709. The number of anilines is 2. The van der Waals surface area contributed by atoms with Gasteiger partial charge in [0.05, 0.1) is 10.9 Å². The molecule has 0 saturated carbocycles. The summed E-state index contributed by atoms with van der Waals surface area (Å²) in [4.78, 5) is 44.8. The number of carbonyl (C=O) groups is 2. The van der Waals surface area contributed by atoms with Crippen LogP contribution in [0.25, 0.3) is 10.9 Å². The van der Waals surface area contributed by atoms with Crippen molar-refractivity contribution in [1.82, 2.24) is 9.55 Å². The van der Waals surface area contributed by atoms with Crippen molar-refractivity contribution in [1.29, 1.82) is 0 Å². The maximum absolute atomic E-state index is 13.0. The zero-order chi connectivity index (χ0) is 21.4. The van der Waals surface area contributed by atoms with Crippen LogP contribution in [-0.4, -0.2) is 27.9 Å². The van der Waals surface area contributed by atoms with Gasteiger partial charge in [-0.2, -0.15) is 0 Å². The van der Waals surface area contributed by atoms with Gasteiger partial charge < -0.3 is 10.2 Å². The first-order valence-electron chi connectivity index (χ1n) is 10.9. The first kappa shape index (κ1) is 19.5. The molecule has 3 heterocycles. The highest BCUT2D eigenvalue weighted by molar-refractivity contribution is 6.44. The van der Waals surface area contributed by atoms with Crippen LogP contribution in [0.2, 0.25) is 0 Å². The van der Waals surface area contributed by atoms with Gasteiger partial charge in [-0.25, -0.2) is 4.98 Å². The van der Waals surface area contributed by atoms with Crippen molar-refractivity contribution in [3.8, 4) is 0 Å². The van der Waals surface area contributed by atoms with Gasteiger partial charge in [0.2, 0.25) is 0 Å². The van der Waals surface area contributed by atoms with Crippen LogP contribution in [0.4, 0.5) is 11.4 Å². The fourth-order valence-corrected chi connectivity index (χ4v) is 4.55. The Morgan fingerprint density at radius 1 is 0.935 bits per heavy atom. The van der Waals surface area contributed by atoms with Crippen molar-refractivity contribution in [3.63, 3.8) is 0 Å². The van der Waals surface area contributed by atoms with Crippen LogP contribution in [0.15, 0.2) is 47.3 Å². The molecule has 0 saturated heterocycles. The third-order valence-corrected chi connectivity index (χ3v) is 6.12. The highest BCUT2D eigenvalue weighted by atomic mass is 16.2. The number of aromatic nitrogens is 2. The lowest BCUT2D eigenvalue weighted by Crippen LogP contribution is -2.42. The van der Waals surface area contributed by atoms with Gasteiger partial charge >= 0.3 is 11.8 Å². The Morgan fingerprint density at radius 3 is 2.71 bits per heavy atom. The molecule has 0 unspecified atom stereocenters. The largest absolute Gasteiger partial charge is 0.318 e. The van der Waals surface area contributed by atoms with Crippen molar-refractivity contribution in [2.45, 2.75) is 45.1 Å². The molecule has 5 rings (SSSR count). The third-order valence-electron chi connectivity index (χ3n) is 6.12. The molecule has 0 aliphatic carbocycles. The highest BCUT2D eigenvalue weighted by Gasteiger charge is 2.27. The molecular weight excluding hydrogens is 392 g/mol. The molecule has 1 aromatic heterocycles. The van der Waals surface area contributed by atoms with Crippen LogP contribution in [-0.2, 0) is 29.0 Å². The number of aryl methyl sites for hydroxylation is 2. The Balaban J connectivity index is 1.42. The molecule has 2 aliphatic rings. The summed E-state index contributed by atoms with van der Waals surface area (Å²) in [5, 5.41) is 3.13. The first-order chi connectivity index (χ1) is 15.1.